The van der Waals surface area contributed by atoms with Gasteiger partial charge in [-0.15, -0.1) is 0 Å². The van der Waals surface area contributed by atoms with Crippen molar-refractivity contribution >= 4 is 18.3 Å². The second-order valence-corrected chi connectivity index (χ2v) is 3.02. The number of nitrogen functional groups attached to an aromatic ring is 1. The maximum absolute atomic E-state index is 5.54. The maximum atomic E-state index is 5.54. The van der Waals surface area contributed by atoms with Crippen LogP contribution in [-0.4, -0.2) is 5.75 Å². The number of rotatable bonds is 3. The van der Waals surface area contributed by atoms with Crippen LogP contribution in [0.1, 0.15) is 12.0 Å². The first-order valence-electron chi connectivity index (χ1n) is 3.78. The monoisotopic (exact) mass is 167 g/mol. The molecule has 0 aromatic heterocycles. The molecule has 0 atom stereocenters. The van der Waals surface area contributed by atoms with E-state index in [1.54, 1.807) is 0 Å². The Kier molecular flexibility index (Phi) is 3.30. The molecule has 1 aromatic rings. The van der Waals surface area contributed by atoms with Gasteiger partial charge in [-0.2, -0.15) is 12.6 Å². The van der Waals surface area contributed by atoms with Crippen molar-refractivity contribution in [2.24, 2.45) is 0 Å². The van der Waals surface area contributed by atoms with Crippen molar-refractivity contribution in [2.45, 2.75) is 12.8 Å². The first kappa shape index (κ1) is 8.47. The Morgan fingerprint density at radius 3 is 2.36 bits per heavy atom. The van der Waals surface area contributed by atoms with Crippen molar-refractivity contribution in [2.75, 3.05) is 11.5 Å². The average Bonchev–Trinajstić information content (AvgIpc) is 2.04. The second kappa shape index (κ2) is 4.29. The third-order valence-corrected chi connectivity index (χ3v) is 1.92. The summed E-state index contributed by atoms with van der Waals surface area (Å²) in [6, 6.07) is 8.01. The maximum Gasteiger partial charge on any atom is 0.0314 e. The standard InChI is InChI=1S/C9H13NS/c10-9-5-3-8(4-6-9)2-1-7-11/h3-6,11H,1-2,7,10H2. The van der Waals surface area contributed by atoms with E-state index in [0.717, 1.165) is 24.3 Å². The van der Waals surface area contributed by atoms with Crippen molar-refractivity contribution < 1.29 is 0 Å². The lowest BCUT2D eigenvalue weighted by molar-refractivity contribution is 0.936. The first-order chi connectivity index (χ1) is 5.33. The topological polar surface area (TPSA) is 26.0 Å². The Morgan fingerprint density at radius 2 is 1.82 bits per heavy atom. The van der Waals surface area contributed by atoms with Crippen LogP contribution >= 0.6 is 12.6 Å². The minimum absolute atomic E-state index is 0.833. The molecular weight excluding hydrogens is 154 g/mol. The summed E-state index contributed by atoms with van der Waals surface area (Å²) in [6.07, 6.45) is 2.23. The van der Waals surface area contributed by atoms with Gasteiger partial charge in [0.2, 0.25) is 0 Å². The highest BCUT2D eigenvalue weighted by atomic mass is 32.1. The number of hydrogen-bond donors (Lipinski definition) is 2. The van der Waals surface area contributed by atoms with Crippen molar-refractivity contribution in [1.82, 2.24) is 0 Å². The lowest BCUT2D eigenvalue weighted by atomic mass is 10.1. The van der Waals surface area contributed by atoms with Gasteiger partial charge in [-0.05, 0) is 36.3 Å². The van der Waals surface area contributed by atoms with Gasteiger partial charge in [0.1, 0.15) is 0 Å². The molecule has 1 rings (SSSR count). The first-order valence-corrected chi connectivity index (χ1v) is 4.41. The molecule has 0 bridgehead atoms. The van der Waals surface area contributed by atoms with Gasteiger partial charge in [-0.1, -0.05) is 12.1 Å². The summed E-state index contributed by atoms with van der Waals surface area (Å²) in [5.41, 5.74) is 7.71. The number of aryl methyl sites for hydroxylation is 1. The van der Waals surface area contributed by atoms with E-state index in [0.29, 0.717) is 0 Å². The summed E-state index contributed by atoms with van der Waals surface area (Å²) in [5, 5.41) is 0. The third-order valence-electron chi connectivity index (χ3n) is 1.60. The van der Waals surface area contributed by atoms with Crippen molar-refractivity contribution in [1.29, 1.82) is 0 Å². The Morgan fingerprint density at radius 1 is 1.18 bits per heavy atom. The molecule has 0 heterocycles. The van der Waals surface area contributed by atoms with Crippen LogP contribution in [0.5, 0.6) is 0 Å². The van der Waals surface area contributed by atoms with E-state index >= 15 is 0 Å². The van der Waals surface area contributed by atoms with Crippen LogP contribution in [-0.2, 0) is 6.42 Å². The quantitative estimate of drug-likeness (QED) is 0.523. The van der Waals surface area contributed by atoms with Crippen LogP contribution in [0.2, 0.25) is 0 Å². The molecule has 0 saturated heterocycles. The summed E-state index contributed by atoms with van der Waals surface area (Å²) in [5.74, 6) is 0.949. The Bertz CT molecular complexity index is 205. The van der Waals surface area contributed by atoms with Gasteiger partial charge in [0.05, 0.1) is 0 Å². The van der Waals surface area contributed by atoms with E-state index in [9.17, 15) is 0 Å². The molecule has 0 spiro atoms. The predicted molar refractivity (Wildman–Crippen MR) is 53.0 cm³/mol. The molecule has 0 saturated carbocycles. The van der Waals surface area contributed by atoms with E-state index in [4.69, 9.17) is 5.73 Å². The Hall–Kier alpha value is -0.630. The molecule has 0 aliphatic heterocycles. The van der Waals surface area contributed by atoms with Crippen LogP contribution < -0.4 is 5.73 Å². The van der Waals surface area contributed by atoms with Gasteiger partial charge in [0.15, 0.2) is 0 Å². The summed E-state index contributed by atoms with van der Waals surface area (Å²) in [4.78, 5) is 0. The Labute approximate surface area is 73.0 Å². The number of nitrogens with two attached hydrogens (primary N) is 1. The number of thiol groups is 1. The summed E-state index contributed by atoms with van der Waals surface area (Å²) in [7, 11) is 0. The van der Waals surface area contributed by atoms with E-state index in [1.807, 2.05) is 12.1 Å². The molecule has 0 amide bonds. The molecule has 60 valence electrons. The number of benzene rings is 1. The largest absolute Gasteiger partial charge is 0.399 e. The minimum Gasteiger partial charge on any atom is -0.399 e. The Balaban J connectivity index is 2.52. The molecule has 0 unspecified atom stereocenters. The molecule has 0 fully saturated rings. The molecule has 11 heavy (non-hydrogen) atoms. The highest BCUT2D eigenvalue weighted by Gasteiger charge is 1.90. The minimum atomic E-state index is 0.833. The SMILES string of the molecule is Nc1ccc(CCCS)cc1. The summed E-state index contributed by atoms with van der Waals surface area (Å²) >= 11 is 4.15. The fraction of sp³-hybridized carbons (Fsp3) is 0.333. The van der Waals surface area contributed by atoms with E-state index in [2.05, 4.69) is 24.8 Å². The van der Waals surface area contributed by atoms with Gasteiger partial charge < -0.3 is 5.73 Å². The molecule has 1 nitrogen and oxygen atoms in total. The van der Waals surface area contributed by atoms with Crippen LogP contribution in [0.25, 0.3) is 0 Å². The van der Waals surface area contributed by atoms with Crippen LogP contribution in [0.4, 0.5) is 5.69 Å². The highest BCUT2D eigenvalue weighted by Crippen LogP contribution is 2.07. The van der Waals surface area contributed by atoms with Crippen molar-refractivity contribution in [3.63, 3.8) is 0 Å². The molecular formula is C9H13NS. The van der Waals surface area contributed by atoms with E-state index in [-0.39, 0.29) is 0 Å². The molecule has 2 N–H and O–H groups in total. The average molecular weight is 167 g/mol. The second-order valence-electron chi connectivity index (χ2n) is 2.57. The van der Waals surface area contributed by atoms with Gasteiger partial charge in [0.25, 0.3) is 0 Å². The van der Waals surface area contributed by atoms with Crippen LogP contribution in [0.15, 0.2) is 24.3 Å². The zero-order valence-electron chi connectivity index (χ0n) is 6.46. The fourth-order valence-corrected chi connectivity index (χ4v) is 1.13. The normalized spacial score (nSPS) is 9.91. The lowest BCUT2D eigenvalue weighted by Gasteiger charge is -1.98. The molecule has 1 aromatic carbocycles. The van der Waals surface area contributed by atoms with Gasteiger partial charge in [-0.3, -0.25) is 0 Å². The number of anilines is 1. The highest BCUT2D eigenvalue weighted by molar-refractivity contribution is 7.80. The lowest BCUT2D eigenvalue weighted by Crippen LogP contribution is -1.88. The molecule has 0 aliphatic carbocycles. The molecule has 0 aliphatic rings. The zero-order valence-corrected chi connectivity index (χ0v) is 7.35. The number of hydrogen-bond acceptors (Lipinski definition) is 2. The summed E-state index contributed by atoms with van der Waals surface area (Å²) in [6.45, 7) is 0. The van der Waals surface area contributed by atoms with Crippen molar-refractivity contribution in [3.05, 3.63) is 29.8 Å². The summed E-state index contributed by atoms with van der Waals surface area (Å²) < 4.78 is 0. The van der Waals surface area contributed by atoms with E-state index in [1.165, 1.54) is 5.56 Å². The van der Waals surface area contributed by atoms with Crippen molar-refractivity contribution in [3.8, 4) is 0 Å². The van der Waals surface area contributed by atoms with Crippen LogP contribution in [0.3, 0.4) is 0 Å². The van der Waals surface area contributed by atoms with Gasteiger partial charge in [0, 0.05) is 5.69 Å². The van der Waals surface area contributed by atoms with Gasteiger partial charge in [-0.25, -0.2) is 0 Å². The molecule has 2 heteroatoms. The van der Waals surface area contributed by atoms with Crippen LogP contribution in [0, 0.1) is 0 Å². The fourth-order valence-electron chi connectivity index (χ4n) is 0.967. The van der Waals surface area contributed by atoms with E-state index < -0.39 is 0 Å². The third kappa shape index (κ3) is 2.85. The predicted octanol–water partition coefficient (Wildman–Crippen LogP) is 2.13. The smallest absolute Gasteiger partial charge is 0.0314 e. The molecule has 0 radical (unpaired) electrons. The van der Waals surface area contributed by atoms with Gasteiger partial charge >= 0.3 is 0 Å². The zero-order chi connectivity index (χ0) is 8.10.